The Bertz CT molecular complexity index is 937. The molecule has 186 valence electrons. The van der Waals surface area contributed by atoms with Gasteiger partial charge in [0, 0.05) is 5.69 Å². The van der Waals surface area contributed by atoms with E-state index in [-0.39, 0.29) is 12.5 Å². The van der Waals surface area contributed by atoms with E-state index < -0.39 is 60.1 Å². The average molecular weight is 478 g/mol. The normalized spacial score (nSPS) is 31.6. The number of anilines is 1. The van der Waals surface area contributed by atoms with Gasteiger partial charge in [0.2, 0.25) is 11.8 Å². The number of para-hydroxylation sites is 1. The zero-order valence-electron chi connectivity index (χ0n) is 19.8. The van der Waals surface area contributed by atoms with E-state index in [1.165, 1.54) is 0 Å². The summed E-state index contributed by atoms with van der Waals surface area (Å²) in [7, 11) is 0. The molecule has 4 rings (SSSR count). The summed E-state index contributed by atoms with van der Waals surface area (Å²) in [4.78, 5) is 37.6. The molecule has 0 radical (unpaired) electrons. The third kappa shape index (κ3) is 5.39. The van der Waals surface area contributed by atoms with Crippen LogP contribution >= 0.6 is 0 Å². The van der Waals surface area contributed by atoms with E-state index in [1.807, 2.05) is 6.07 Å². The summed E-state index contributed by atoms with van der Waals surface area (Å²) in [5.41, 5.74) is 0.618. The van der Waals surface area contributed by atoms with E-state index in [2.05, 4.69) is 16.0 Å². The van der Waals surface area contributed by atoms with Gasteiger partial charge in [0.15, 0.2) is 24.0 Å². The number of carbonyl (C=O) groups excluding carboxylic acids is 3. The van der Waals surface area contributed by atoms with Gasteiger partial charge in [-0.2, -0.15) is 0 Å². The quantitative estimate of drug-likeness (QED) is 0.544. The van der Waals surface area contributed by atoms with Gasteiger partial charge in [-0.05, 0) is 46.8 Å². The maximum Gasteiger partial charge on any atom is 0.252 e. The number of amides is 3. The molecule has 3 fully saturated rings. The Hall–Kier alpha value is -2.57. The van der Waals surface area contributed by atoms with Crippen molar-refractivity contribution in [1.82, 2.24) is 10.6 Å². The highest BCUT2D eigenvalue weighted by Gasteiger charge is 2.62. The fourth-order valence-corrected chi connectivity index (χ4v) is 4.22. The van der Waals surface area contributed by atoms with E-state index >= 15 is 0 Å². The Morgan fingerprint density at radius 2 is 1.53 bits per heavy atom. The molecule has 3 heterocycles. The predicted octanol–water partition coefficient (Wildman–Crippen LogP) is 0.643. The molecule has 3 N–H and O–H groups in total. The smallest absolute Gasteiger partial charge is 0.252 e. The fourth-order valence-electron chi connectivity index (χ4n) is 4.22. The Morgan fingerprint density at radius 3 is 2.24 bits per heavy atom. The van der Waals surface area contributed by atoms with E-state index in [1.54, 1.807) is 58.9 Å². The second kappa shape index (κ2) is 9.23. The molecule has 0 saturated carbocycles. The second-order valence-corrected chi connectivity index (χ2v) is 9.45. The number of ether oxygens (including phenoxy) is 5. The first kappa shape index (κ1) is 24.6. The maximum atomic E-state index is 12.9. The van der Waals surface area contributed by atoms with Crippen LogP contribution in [0.15, 0.2) is 30.3 Å². The number of nitrogens with one attached hydrogen (secondary N) is 3. The van der Waals surface area contributed by atoms with Crippen molar-refractivity contribution < 1.29 is 38.1 Å². The standard InChI is InChI=1S/C23H31N3O8/c1-12(19(28)26-13-9-7-6-8-10-13)25-14(27)11-24-20(29)17-15-16(32-22(2,3)31-15)18-21(30-17)34-23(4,5)33-18/h6-10,12,15-18,21H,11H2,1-5H3,(H,24,29)(H,25,27)(H,26,28)/t12?,15-,16+,17?,18-,21-/m1/s1. The van der Waals surface area contributed by atoms with E-state index in [9.17, 15) is 14.4 Å². The van der Waals surface area contributed by atoms with Gasteiger partial charge in [-0.3, -0.25) is 14.4 Å². The third-order valence-electron chi connectivity index (χ3n) is 5.65. The summed E-state index contributed by atoms with van der Waals surface area (Å²) < 4.78 is 29.5. The van der Waals surface area contributed by atoms with Crippen LogP contribution in [0.1, 0.15) is 34.6 Å². The molecule has 0 aromatic heterocycles. The number of rotatable bonds is 6. The predicted molar refractivity (Wildman–Crippen MR) is 118 cm³/mol. The highest BCUT2D eigenvalue weighted by molar-refractivity contribution is 5.97. The molecule has 1 aromatic carbocycles. The fraction of sp³-hybridized carbons (Fsp3) is 0.609. The number of hydrogen-bond acceptors (Lipinski definition) is 8. The van der Waals surface area contributed by atoms with Gasteiger partial charge in [0.1, 0.15) is 24.4 Å². The molecule has 3 aliphatic heterocycles. The van der Waals surface area contributed by atoms with E-state index in [0.29, 0.717) is 5.69 Å². The molecule has 3 aliphatic rings. The van der Waals surface area contributed by atoms with Gasteiger partial charge in [0.25, 0.3) is 5.91 Å². The minimum absolute atomic E-state index is 0.347. The number of benzene rings is 1. The van der Waals surface area contributed by atoms with Crippen LogP contribution in [0.2, 0.25) is 0 Å². The lowest BCUT2D eigenvalue weighted by Crippen LogP contribution is -2.60. The van der Waals surface area contributed by atoms with Gasteiger partial charge in [0.05, 0.1) is 6.54 Å². The molecule has 0 aliphatic carbocycles. The molecule has 11 nitrogen and oxygen atoms in total. The van der Waals surface area contributed by atoms with E-state index in [4.69, 9.17) is 23.7 Å². The van der Waals surface area contributed by atoms with Crippen molar-refractivity contribution in [3.8, 4) is 0 Å². The Labute approximate surface area is 197 Å². The lowest BCUT2D eigenvalue weighted by Gasteiger charge is -2.36. The van der Waals surface area contributed by atoms with Crippen LogP contribution in [-0.4, -0.2) is 72.6 Å². The molecule has 6 atom stereocenters. The Kier molecular flexibility index (Phi) is 6.67. The average Bonchev–Trinajstić information content (AvgIpc) is 3.25. The first-order valence-corrected chi connectivity index (χ1v) is 11.2. The van der Waals surface area contributed by atoms with Crippen molar-refractivity contribution in [2.75, 3.05) is 11.9 Å². The molecule has 1 aromatic rings. The molecular formula is C23H31N3O8. The summed E-state index contributed by atoms with van der Waals surface area (Å²) >= 11 is 0. The highest BCUT2D eigenvalue weighted by Crippen LogP contribution is 2.44. The topological polar surface area (TPSA) is 133 Å². The first-order valence-electron chi connectivity index (χ1n) is 11.2. The van der Waals surface area contributed by atoms with Crippen molar-refractivity contribution >= 4 is 23.4 Å². The van der Waals surface area contributed by atoms with Crippen molar-refractivity contribution in [2.24, 2.45) is 0 Å². The molecule has 0 spiro atoms. The molecule has 2 unspecified atom stereocenters. The second-order valence-electron chi connectivity index (χ2n) is 9.45. The molecule has 11 heteroatoms. The van der Waals surface area contributed by atoms with Crippen molar-refractivity contribution in [3.05, 3.63) is 30.3 Å². The van der Waals surface area contributed by atoms with Crippen LogP contribution in [0.4, 0.5) is 5.69 Å². The van der Waals surface area contributed by atoms with Crippen LogP contribution in [-0.2, 0) is 38.1 Å². The van der Waals surface area contributed by atoms with Crippen molar-refractivity contribution in [3.63, 3.8) is 0 Å². The van der Waals surface area contributed by atoms with Crippen LogP contribution < -0.4 is 16.0 Å². The van der Waals surface area contributed by atoms with Gasteiger partial charge in [-0.25, -0.2) is 0 Å². The zero-order valence-corrected chi connectivity index (χ0v) is 19.8. The van der Waals surface area contributed by atoms with Crippen LogP contribution in [0.25, 0.3) is 0 Å². The molecular weight excluding hydrogens is 446 g/mol. The molecule has 3 saturated heterocycles. The SMILES string of the molecule is CC(NC(=O)CNC(=O)C1O[C@@H]2OC(C)(C)O[C@@H]2[C@H]2OC(C)(C)O[C@@H]12)C(=O)Nc1ccccc1. The summed E-state index contributed by atoms with van der Waals surface area (Å²) in [6.45, 7) is 8.19. The third-order valence-corrected chi connectivity index (χ3v) is 5.65. The number of carbonyl (C=O) groups is 3. The van der Waals surface area contributed by atoms with Crippen molar-refractivity contribution in [1.29, 1.82) is 0 Å². The number of hydrogen-bond donors (Lipinski definition) is 3. The lowest BCUT2D eigenvalue weighted by atomic mass is 9.98. The van der Waals surface area contributed by atoms with Gasteiger partial charge >= 0.3 is 0 Å². The maximum absolute atomic E-state index is 12.9. The monoisotopic (exact) mass is 477 g/mol. The number of fused-ring (bicyclic) bond motifs is 3. The molecule has 3 amide bonds. The molecule has 34 heavy (non-hydrogen) atoms. The van der Waals surface area contributed by atoms with Crippen LogP contribution in [0.5, 0.6) is 0 Å². The largest absolute Gasteiger partial charge is 0.345 e. The van der Waals surface area contributed by atoms with Gasteiger partial charge < -0.3 is 39.6 Å². The summed E-state index contributed by atoms with van der Waals surface area (Å²) in [6, 6.07) is 8.09. The van der Waals surface area contributed by atoms with Crippen LogP contribution in [0, 0.1) is 0 Å². The summed E-state index contributed by atoms with van der Waals surface area (Å²) in [5, 5.41) is 7.81. The van der Waals surface area contributed by atoms with Crippen LogP contribution in [0.3, 0.4) is 0 Å². The minimum atomic E-state index is -1.07. The lowest BCUT2D eigenvalue weighted by molar-refractivity contribution is -0.231. The van der Waals surface area contributed by atoms with Gasteiger partial charge in [-0.1, -0.05) is 18.2 Å². The summed E-state index contributed by atoms with van der Waals surface area (Å²) in [5.74, 6) is -3.31. The van der Waals surface area contributed by atoms with E-state index in [0.717, 1.165) is 0 Å². The Morgan fingerprint density at radius 1 is 0.912 bits per heavy atom. The zero-order chi connectivity index (χ0) is 24.7. The highest BCUT2D eigenvalue weighted by atomic mass is 16.9. The summed E-state index contributed by atoms with van der Waals surface area (Å²) in [6.07, 6.45) is -3.77. The first-order chi connectivity index (χ1) is 15.9. The Balaban J connectivity index is 1.32. The molecule has 0 bridgehead atoms. The van der Waals surface area contributed by atoms with Crippen molar-refractivity contribution in [2.45, 2.75) is 82.9 Å². The van der Waals surface area contributed by atoms with Gasteiger partial charge in [-0.15, -0.1) is 0 Å². The minimum Gasteiger partial charge on any atom is -0.345 e.